The third-order valence-electron chi connectivity index (χ3n) is 5.33. The number of anilines is 1. The van der Waals surface area contributed by atoms with E-state index >= 15 is 0 Å². The van der Waals surface area contributed by atoms with E-state index in [-0.39, 0.29) is 0 Å². The third kappa shape index (κ3) is 4.51. The summed E-state index contributed by atoms with van der Waals surface area (Å²) in [6.45, 7) is 4.57. The van der Waals surface area contributed by atoms with Crippen LogP contribution in [0.3, 0.4) is 0 Å². The Bertz CT molecular complexity index is 885. The summed E-state index contributed by atoms with van der Waals surface area (Å²) in [5.41, 5.74) is 4.14. The molecule has 3 aromatic rings. The minimum absolute atomic E-state index is 0.741. The van der Waals surface area contributed by atoms with Gasteiger partial charge in [0, 0.05) is 48.7 Å². The van der Waals surface area contributed by atoms with Crippen molar-refractivity contribution >= 4 is 17.4 Å². The van der Waals surface area contributed by atoms with Crippen LogP contribution < -0.4 is 4.90 Å². The van der Waals surface area contributed by atoms with Gasteiger partial charge in [0.1, 0.15) is 5.82 Å². The molecule has 5 heteroatoms. The zero-order chi connectivity index (χ0) is 19.3. The molecule has 0 amide bonds. The van der Waals surface area contributed by atoms with E-state index in [2.05, 4.69) is 45.0 Å². The summed E-state index contributed by atoms with van der Waals surface area (Å²) in [5, 5.41) is 0.741. The fourth-order valence-electron chi connectivity index (χ4n) is 3.55. The summed E-state index contributed by atoms with van der Waals surface area (Å²) in [5.74, 6) is 1.00. The van der Waals surface area contributed by atoms with E-state index in [0.29, 0.717) is 0 Å². The van der Waals surface area contributed by atoms with Crippen LogP contribution in [-0.4, -0.2) is 48.1 Å². The normalized spacial score (nSPS) is 14.4. The number of hydrogen-bond donors (Lipinski definition) is 0. The third-order valence-corrected chi connectivity index (χ3v) is 5.58. The standard InChI is InChI=1S/C23H25ClN4/c1-27(14-15-28-12-2-3-13-28)23-11-7-20(17-26-23)22-10-6-19(16-25-22)18-4-8-21(24)9-5-18/h4-11,16-17H,2-3,12-15H2,1H3. The first-order valence-corrected chi connectivity index (χ1v) is 10.2. The van der Waals surface area contributed by atoms with Crippen molar-refractivity contribution < 1.29 is 0 Å². The molecule has 4 nitrogen and oxygen atoms in total. The summed E-state index contributed by atoms with van der Waals surface area (Å²) in [7, 11) is 2.11. The summed E-state index contributed by atoms with van der Waals surface area (Å²) >= 11 is 5.96. The number of pyridine rings is 2. The number of benzene rings is 1. The van der Waals surface area contributed by atoms with Crippen LogP contribution in [-0.2, 0) is 0 Å². The smallest absolute Gasteiger partial charge is 0.128 e. The topological polar surface area (TPSA) is 32.3 Å². The molecule has 3 heterocycles. The average Bonchev–Trinajstić information content (AvgIpc) is 3.27. The Morgan fingerprint density at radius 1 is 0.857 bits per heavy atom. The number of halogens is 1. The first-order chi connectivity index (χ1) is 13.7. The van der Waals surface area contributed by atoms with Gasteiger partial charge in [-0.05, 0) is 61.8 Å². The van der Waals surface area contributed by atoms with E-state index in [1.54, 1.807) is 0 Å². The van der Waals surface area contributed by atoms with Gasteiger partial charge in [0.25, 0.3) is 0 Å². The summed E-state index contributed by atoms with van der Waals surface area (Å²) in [6, 6.07) is 16.1. The molecule has 144 valence electrons. The molecule has 1 saturated heterocycles. The van der Waals surface area contributed by atoms with Gasteiger partial charge in [-0.1, -0.05) is 29.8 Å². The molecule has 28 heavy (non-hydrogen) atoms. The van der Waals surface area contributed by atoms with Gasteiger partial charge < -0.3 is 9.80 Å². The van der Waals surface area contributed by atoms with Gasteiger partial charge in [0.05, 0.1) is 5.69 Å². The lowest BCUT2D eigenvalue weighted by Gasteiger charge is -2.22. The second-order valence-electron chi connectivity index (χ2n) is 7.31. The van der Waals surface area contributed by atoms with Crippen molar-refractivity contribution in [3.8, 4) is 22.4 Å². The number of hydrogen-bond acceptors (Lipinski definition) is 4. The number of aromatic nitrogens is 2. The van der Waals surface area contributed by atoms with Crippen molar-refractivity contribution in [1.29, 1.82) is 0 Å². The Balaban J connectivity index is 1.41. The van der Waals surface area contributed by atoms with E-state index in [4.69, 9.17) is 11.6 Å². The zero-order valence-electron chi connectivity index (χ0n) is 16.2. The number of rotatable bonds is 6. The highest BCUT2D eigenvalue weighted by Crippen LogP contribution is 2.24. The first-order valence-electron chi connectivity index (χ1n) is 9.81. The van der Waals surface area contributed by atoms with Gasteiger partial charge in [-0.2, -0.15) is 0 Å². The molecular formula is C23H25ClN4. The Labute approximate surface area is 171 Å². The maximum Gasteiger partial charge on any atom is 0.128 e. The molecule has 0 saturated carbocycles. The van der Waals surface area contributed by atoms with E-state index in [0.717, 1.165) is 46.3 Å². The maximum atomic E-state index is 5.96. The fourth-order valence-corrected chi connectivity index (χ4v) is 3.68. The Kier molecular flexibility index (Phi) is 5.89. The molecule has 1 aliphatic rings. The first kappa shape index (κ1) is 18.9. The van der Waals surface area contributed by atoms with Crippen LogP contribution in [0.4, 0.5) is 5.82 Å². The van der Waals surface area contributed by atoms with E-state index in [1.807, 2.05) is 42.7 Å². The van der Waals surface area contributed by atoms with Crippen LogP contribution in [0, 0.1) is 0 Å². The van der Waals surface area contributed by atoms with E-state index in [9.17, 15) is 0 Å². The highest BCUT2D eigenvalue weighted by atomic mass is 35.5. The molecule has 0 bridgehead atoms. The van der Waals surface area contributed by atoms with Gasteiger partial charge in [0.15, 0.2) is 0 Å². The predicted octanol–water partition coefficient (Wildman–Crippen LogP) is 5.00. The number of likely N-dealkylation sites (N-methyl/N-ethyl adjacent to an activating group) is 1. The van der Waals surface area contributed by atoms with Crippen molar-refractivity contribution in [3.05, 3.63) is 65.9 Å². The highest BCUT2D eigenvalue weighted by Gasteiger charge is 2.12. The lowest BCUT2D eigenvalue weighted by molar-refractivity contribution is 0.346. The van der Waals surface area contributed by atoms with Crippen molar-refractivity contribution in [2.45, 2.75) is 12.8 Å². The van der Waals surface area contributed by atoms with Crippen LogP contribution in [0.5, 0.6) is 0 Å². The summed E-state index contributed by atoms with van der Waals surface area (Å²) in [6.07, 6.45) is 6.47. The molecule has 0 radical (unpaired) electrons. The maximum absolute atomic E-state index is 5.96. The predicted molar refractivity (Wildman–Crippen MR) is 117 cm³/mol. The summed E-state index contributed by atoms with van der Waals surface area (Å²) < 4.78 is 0. The Morgan fingerprint density at radius 2 is 1.54 bits per heavy atom. The van der Waals surface area contributed by atoms with Gasteiger partial charge in [-0.25, -0.2) is 4.98 Å². The zero-order valence-corrected chi connectivity index (χ0v) is 16.9. The molecule has 4 rings (SSSR count). The Morgan fingerprint density at radius 3 is 2.18 bits per heavy atom. The van der Waals surface area contributed by atoms with Gasteiger partial charge >= 0.3 is 0 Å². The van der Waals surface area contributed by atoms with Crippen LogP contribution in [0.1, 0.15) is 12.8 Å². The molecule has 0 atom stereocenters. The monoisotopic (exact) mass is 392 g/mol. The van der Waals surface area contributed by atoms with Crippen molar-refractivity contribution in [1.82, 2.24) is 14.9 Å². The average molecular weight is 393 g/mol. The van der Waals surface area contributed by atoms with Gasteiger partial charge in [0.2, 0.25) is 0 Å². The van der Waals surface area contributed by atoms with Crippen LogP contribution in [0.25, 0.3) is 22.4 Å². The molecule has 0 spiro atoms. The van der Waals surface area contributed by atoms with Crippen molar-refractivity contribution in [3.63, 3.8) is 0 Å². The lowest BCUT2D eigenvalue weighted by atomic mass is 10.1. The summed E-state index contributed by atoms with van der Waals surface area (Å²) in [4.78, 5) is 14.0. The van der Waals surface area contributed by atoms with Crippen molar-refractivity contribution in [2.24, 2.45) is 0 Å². The Hall–Kier alpha value is -2.43. The molecule has 1 aliphatic heterocycles. The minimum atomic E-state index is 0.741. The van der Waals surface area contributed by atoms with E-state index in [1.165, 1.54) is 25.9 Å². The number of likely N-dealkylation sites (tertiary alicyclic amines) is 1. The van der Waals surface area contributed by atoms with Crippen LogP contribution >= 0.6 is 11.6 Å². The SMILES string of the molecule is CN(CCN1CCCC1)c1ccc(-c2ccc(-c3ccc(Cl)cc3)cn2)cn1. The molecule has 0 aliphatic carbocycles. The van der Waals surface area contributed by atoms with Gasteiger partial charge in [-0.15, -0.1) is 0 Å². The van der Waals surface area contributed by atoms with E-state index < -0.39 is 0 Å². The number of nitrogens with zero attached hydrogens (tertiary/aromatic N) is 4. The molecule has 1 fully saturated rings. The highest BCUT2D eigenvalue weighted by molar-refractivity contribution is 6.30. The van der Waals surface area contributed by atoms with Crippen LogP contribution in [0.15, 0.2) is 60.9 Å². The lowest BCUT2D eigenvalue weighted by Crippen LogP contribution is -2.31. The molecule has 0 N–H and O–H groups in total. The molecule has 2 aromatic heterocycles. The largest absolute Gasteiger partial charge is 0.358 e. The van der Waals surface area contributed by atoms with Gasteiger partial charge in [-0.3, -0.25) is 4.98 Å². The molecule has 0 unspecified atom stereocenters. The quantitative estimate of drug-likeness (QED) is 0.591. The van der Waals surface area contributed by atoms with Crippen LogP contribution in [0.2, 0.25) is 5.02 Å². The molecule has 1 aromatic carbocycles. The van der Waals surface area contributed by atoms with Crippen molar-refractivity contribution in [2.75, 3.05) is 38.1 Å². The fraction of sp³-hybridized carbons (Fsp3) is 0.304. The minimum Gasteiger partial charge on any atom is -0.358 e. The second-order valence-corrected chi connectivity index (χ2v) is 7.75. The molecular weight excluding hydrogens is 368 g/mol. The second kappa shape index (κ2) is 8.72.